The predicted octanol–water partition coefficient (Wildman–Crippen LogP) is 3.34. The molecule has 7 heteroatoms. The van der Waals surface area contributed by atoms with Gasteiger partial charge in [-0.1, -0.05) is 50.3 Å². The quantitative estimate of drug-likeness (QED) is 0.345. The Balaban J connectivity index is 2.01. The Morgan fingerprint density at radius 1 is 1.18 bits per heavy atom. The minimum Gasteiger partial charge on any atom is -0.454 e. The van der Waals surface area contributed by atoms with Gasteiger partial charge in [0.2, 0.25) is 11.8 Å². The summed E-state index contributed by atoms with van der Waals surface area (Å²) in [5.74, 6) is -2.10. The van der Waals surface area contributed by atoms with Gasteiger partial charge in [0, 0.05) is 37.2 Å². The van der Waals surface area contributed by atoms with Crippen LogP contribution < -0.4 is 5.32 Å². The van der Waals surface area contributed by atoms with Crippen molar-refractivity contribution >= 4 is 23.6 Å². The number of aliphatic hydroxyl groups excluding tert-OH is 1. The molecule has 0 aromatic carbocycles. The van der Waals surface area contributed by atoms with Gasteiger partial charge in [0.15, 0.2) is 0 Å². The van der Waals surface area contributed by atoms with E-state index in [1.165, 1.54) is 6.08 Å². The van der Waals surface area contributed by atoms with Crippen molar-refractivity contribution < 1.29 is 29.0 Å². The van der Waals surface area contributed by atoms with Crippen LogP contribution in [0.3, 0.4) is 0 Å². The number of piperidine rings is 1. The number of aliphatic hydroxyl groups is 1. The van der Waals surface area contributed by atoms with Gasteiger partial charge in [-0.15, -0.1) is 0 Å². The van der Waals surface area contributed by atoms with E-state index in [4.69, 9.17) is 4.74 Å². The topological polar surface area (TPSA) is 110 Å². The predicted molar refractivity (Wildman–Crippen MR) is 125 cm³/mol. The lowest BCUT2D eigenvalue weighted by Gasteiger charge is -2.24. The first-order valence-electron chi connectivity index (χ1n) is 11.6. The summed E-state index contributed by atoms with van der Waals surface area (Å²) in [6, 6.07) is 0. The lowest BCUT2D eigenvalue weighted by atomic mass is 9.88. The van der Waals surface area contributed by atoms with Crippen molar-refractivity contribution in [2.75, 3.05) is 0 Å². The van der Waals surface area contributed by atoms with Crippen molar-refractivity contribution in [2.45, 2.75) is 71.5 Å². The van der Waals surface area contributed by atoms with Gasteiger partial charge in [0.1, 0.15) is 11.9 Å². The first kappa shape index (κ1) is 26.5. The molecule has 0 radical (unpaired) electrons. The van der Waals surface area contributed by atoms with Crippen LogP contribution in [0.15, 0.2) is 48.1 Å². The summed E-state index contributed by atoms with van der Waals surface area (Å²) in [5.41, 5.74) is 0.764. The number of rotatable bonds is 7. The summed E-state index contributed by atoms with van der Waals surface area (Å²) >= 11 is 0. The third-order valence-corrected chi connectivity index (χ3v) is 5.88. The highest BCUT2D eigenvalue weighted by atomic mass is 16.5. The van der Waals surface area contributed by atoms with Crippen molar-refractivity contribution in [1.29, 1.82) is 0 Å². The number of Topliss-reactive ketones (excluding diaryl/α,β-unsaturated/α-hetero) is 1. The fraction of sp³-hybridized carbons (Fsp3) is 0.538. The molecule has 33 heavy (non-hydrogen) atoms. The van der Waals surface area contributed by atoms with Gasteiger partial charge in [-0.25, -0.2) is 4.79 Å². The average Bonchev–Trinajstić information content (AvgIpc) is 2.71. The SMILES string of the molecule is C/C(=C\[C@H](C)C(=O)C[C@H](O)CC1CC(=O)NC(=O)C1)[C@@H]1OC(=O)/C=C\CC/C=C\C=C/[C@@H]1C. The van der Waals surface area contributed by atoms with E-state index in [2.05, 4.69) is 5.32 Å². The molecular weight excluding hydrogens is 422 g/mol. The van der Waals surface area contributed by atoms with Crippen molar-refractivity contribution in [3.63, 3.8) is 0 Å². The van der Waals surface area contributed by atoms with Crippen LogP contribution in [0.2, 0.25) is 0 Å². The van der Waals surface area contributed by atoms with E-state index in [1.54, 1.807) is 19.1 Å². The van der Waals surface area contributed by atoms with E-state index >= 15 is 0 Å². The summed E-state index contributed by atoms with van der Waals surface area (Å²) in [6.45, 7) is 5.53. The van der Waals surface area contributed by atoms with E-state index in [1.807, 2.05) is 38.2 Å². The molecule has 0 aromatic rings. The van der Waals surface area contributed by atoms with Crippen molar-refractivity contribution in [2.24, 2.45) is 17.8 Å². The van der Waals surface area contributed by atoms with E-state index in [-0.39, 0.29) is 55.1 Å². The van der Waals surface area contributed by atoms with Crippen LogP contribution in [-0.4, -0.2) is 40.9 Å². The van der Waals surface area contributed by atoms with Crippen LogP contribution in [0.4, 0.5) is 0 Å². The lowest BCUT2D eigenvalue weighted by Crippen LogP contribution is -2.39. The molecule has 2 aliphatic heterocycles. The molecule has 7 nitrogen and oxygen atoms in total. The fourth-order valence-corrected chi connectivity index (χ4v) is 4.16. The van der Waals surface area contributed by atoms with Gasteiger partial charge in [0.05, 0.1) is 6.10 Å². The molecule has 0 spiro atoms. The molecule has 2 heterocycles. The summed E-state index contributed by atoms with van der Waals surface area (Å²) in [6.07, 6.45) is 13.6. The van der Waals surface area contributed by atoms with E-state index in [9.17, 15) is 24.3 Å². The zero-order valence-electron chi connectivity index (χ0n) is 19.7. The highest BCUT2D eigenvalue weighted by molar-refractivity contribution is 5.97. The fourth-order valence-electron chi connectivity index (χ4n) is 4.16. The van der Waals surface area contributed by atoms with Crippen molar-refractivity contribution in [1.82, 2.24) is 5.32 Å². The van der Waals surface area contributed by atoms with Crippen LogP contribution in [-0.2, 0) is 23.9 Å². The summed E-state index contributed by atoms with van der Waals surface area (Å²) < 4.78 is 5.68. The number of esters is 1. The standard InChI is InChI=1S/C26H35NO6/c1-17-10-8-6-4-5-7-9-11-25(32)33-26(17)19(3)12-18(2)22(29)16-21(28)13-20-14-23(30)27-24(31)15-20/h4,6,8-12,17-18,20-21,26,28H,5,7,13-16H2,1-3H3,(H,27,30,31)/b6-4-,10-8-,11-9-,19-12+/t17-,18-,21+,26+/m0/s1. The maximum absolute atomic E-state index is 12.7. The summed E-state index contributed by atoms with van der Waals surface area (Å²) in [4.78, 5) is 47.9. The highest BCUT2D eigenvalue weighted by Crippen LogP contribution is 2.24. The molecule has 1 saturated heterocycles. The third kappa shape index (κ3) is 9.30. The Hall–Kier alpha value is -2.80. The number of hydrogen-bond donors (Lipinski definition) is 2. The minimum atomic E-state index is -0.921. The zero-order valence-corrected chi connectivity index (χ0v) is 19.7. The van der Waals surface area contributed by atoms with Gasteiger partial charge in [0.25, 0.3) is 0 Å². The second-order valence-electron chi connectivity index (χ2n) is 9.01. The summed E-state index contributed by atoms with van der Waals surface area (Å²) in [5, 5.41) is 12.6. The number of allylic oxidation sites excluding steroid dienone is 5. The van der Waals surface area contributed by atoms with E-state index < -0.39 is 24.1 Å². The number of nitrogens with one attached hydrogen (secondary N) is 1. The minimum absolute atomic E-state index is 0.0648. The van der Waals surface area contributed by atoms with Crippen molar-refractivity contribution in [3.05, 3.63) is 48.1 Å². The maximum atomic E-state index is 12.7. The molecule has 0 saturated carbocycles. The Morgan fingerprint density at radius 3 is 2.55 bits per heavy atom. The zero-order chi connectivity index (χ0) is 24.4. The van der Waals surface area contributed by atoms with Crippen LogP contribution in [0, 0.1) is 17.8 Å². The van der Waals surface area contributed by atoms with E-state index in [0.29, 0.717) is 0 Å². The number of imide groups is 1. The van der Waals surface area contributed by atoms with Crippen LogP contribution in [0.25, 0.3) is 0 Å². The Labute approximate surface area is 195 Å². The van der Waals surface area contributed by atoms with Gasteiger partial charge in [-0.3, -0.25) is 19.7 Å². The van der Waals surface area contributed by atoms with E-state index in [0.717, 1.165) is 18.4 Å². The number of carbonyl (C=O) groups excluding carboxylic acids is 4. The number of ether oxygens (including phenoxy) is 1. The second-order valence-corrected chi connectivity index (χ2v) is 9.01. The normalized spacial score (nSPS) is 27.9. The summed E-state index contributed by atoms with van der Waals surface area (Å²) in [7, 11) is 0. The number of carbonyl (C=O) groups is 4. The Bertz CT molecular complexity index is 837. The van der Waals surface area contributed by atoms with Gasteiger partial charge in [-0.2, -0.15) is 0 Å². The molecule has 4 atom stereocenters. The molecular formula is C26H35NO6. The molecule has 0 unspecified atom stereocenters. The number of ketones is 1. The smallest absolute Gasteiger partial charge is 0.331 e. The second kappa shape index (κ2) is 13.0. The maximum Gasteiger partial charge on any atom is 0.331 e. The monoisotopic (exact) mass is 457 g/mol. The molecule has 0 aromatic heterocycles. The Morgan fingerprint density at radius 2 is 1.85 bits per heavy atom. The molecule has 1 fully saturated rings. The lowest BCUT2D eigenvalue weighted by molar-refractivity contribution is -0.142. The molecule has 2 amide bonds. The van der Waals surface area contributed by atoms with Crippen molar-refractivity contribution in [3.8, 4) is 0 Å². The van der Waals surface area contributed by atoms with Gasteiger partial charge >= 0.3 is 5.97 Å². The van der Waals surface area contributed by atoms with Crippen LogP contribution in [0.5, 0.6) is 0 Å². The first-order chi connectivity index (χ1) is 15.7. The number of hydrogen-bond acceptors (Lipinski definition) is 6. The third-order valence-electron chi connectivity index (χ3n) is 5.88. The molecule has 2 rings (SSSR count). The van der Waals surface area contributed by atoms with Gasteiger partial charge in [-0.05, 0) is 37.7 Å². The average molecular weight is 458 g/mol. The first-order valence-corrected chi connectivity index (χ1v) is 11.6. The number of amides is 2. The largest absolute Gasteiger partial charge is 0.454 e. The molecule has 2 aliphatic rings. The van der Waals surface area contributed by atoms with Crippen LogP contribution in [0.1, 0.15) is 59.3 Å². The Kier molecular flexibility index (Phi) is 10.5. The molecule has 180 valence electrons. The van der Waals surface area contributed by atoms with Crippen LogP contribution >= 0.6 is 0 Å². The van der Waals surface area contributed by atoms with Gasteiger partial charge < -0.3 is 9.84 Å². The highest BCUT2D eigenvalue weighted by Gasteiger charge is 2.28. The molecule has 0 aliphatic carbocycles. The number of cyclic esters (lactones) is 1. The molecule has 2 N–H and O–H groups in total. The molecule has 0 bridgehead atoms.